The molecule has 0 saturated carbocycles. The van der Waals surface area contributed by atoms with E-state index in [0.29, 0.717) is 0 Å². The van der Waals surface area contributed by atoms with E-state index in [2.05, 4.69) is 41.5 Å². The van der Waals surface area contributed by atoms with Crippen molar-refractivity contribution in [3.8, 4) is 0 Å². The first kappa shape index (κ1) is 24.5. The van der Waals surface area contributed by atoms with Crippen molar-refractivity contribution in [2.45, 2.75) is 20.3 Å². The zero-order chi connectivity index (χ0) is 22.4. The minimum atomic E-state index is 0.743. The molecular formula is C26H30N2O2. The smallest absolute Gasteiger partial charge is 0.142 e. The van der Waals surface area contributed by atoms with E-state index in [1.807, 2.05) is 38.2 Å². The van der Waals surface area contributed by atoms with Gasteiger partial charge in [0.1, 0.15) is 6.29 Å². The highest BCUT2D eigenvalue weighted by atomic mass is 16.5. The second-order valence-corrected chi connectivity index (χ2v) is 6.28. The first-order valence-electron chi connectivity index (χ1n) is 9.61. The lowest BCUT2D eigenvalue weighted by Gasteiger charge is -2.21. The molecule has 0 aromatic rings. The molecule has 0 heterocycles. The Morgan fingerprint density at radius 3 is 2.57 bits per heavy atom. The highest BCUT2D eigenvalue weighted by molar-refractivity contribution is 6.18. The molecule has 1 aliphatic carbocycles. The average Bonchev–Trinajstić information content (AvgIpc) is 2.75. The topological polar surface area (TPSA) is 51.0 Å². The predicted octanol–water partition coefficient (Wildman–Crippen LogP) is 5.82. The molecule has 0 fully saturated rings. The summed E-state index contributed by atoms with van der Waals surface area (Å²) in [6.07, 6.45) is 22.1. The number of rotatable bonds is 10. The minimum absolute atomic E-state index is 0.743. The molecule has 0 spiro atoms. The Hall–Kier alpha value is -3.53. The van der Waals surface area contributed by atoms with Gasteiger partial charge in [0, 0.05) is 24.4 Å². The number of allylic oxidation sites excluding steroid dienone is 16. The first-order valence-corrected chi connectivity index (χ1v) is 9.61. The Morgan fingerprint density at radius 2 is 2.00 bits per heavy atom. The lowest BCUT2D eigenvalue weighted by Crippen LogP contribution is -2.13. The molecule has 156 valence electrons. The maximum atomic E-state index is 10.7. The Balaban J connectivity index is 3.70. The molecule has 0 atom stereocenters. The third kappa shape index (κ3) is 7.13. The molecule has 0 aromatic carbocycles. The number of ether oxygens (including phenoxy) is 1. The predicted molar refractivity (Wildman–Crippen MR) is 129 cm³/mol. The lowest BCUT2D eigenvalue weighted by molar-refractivity contribution is -0.104. The summed E-state index contributed by atoms with van der Waals surface area (Å²) in [4.78, 5) is 19.2. The van der Waals surface area contributed by atoms with Gasteiger partial charge in [-0.2, -0.15) is 0 Å². The monoisotopic (exact) mass is 402 g/mol. The zero-order valence-corrected chi connectivity index (χ0v) is 18.3. The van der Waals surface area contributed by atoms with Crippen LogP contribution in [0, 0.1) is 0 Å². The Bertz CT molecular complexity index is 930. The summed E-state index contributed by atoms with van der Waals surface area (Å²) in [7, 11) is 3.39. The van der Waals surface area contributed by atoms with Crippen molar-refractivity contribution in [3.63, 3.8) is 0 Å². The second-order valence-electron chi connectivity index (χ2n) is 6.28. The van der Waals surface area contributed by atoms with Gasteiger partial charge >= 0.3 is 0 Å². The zero-order valence-electron chi connectivity index (χ0n) is 18.3. The quantitative estimate of drug-likeness (QED) is 0.152. The summed E-state index contributed by atoms with van der Waals surface area (Å²) in [5.41, 5.74) is 5.69. The van der Waals surface area contributed by atoms with Crippen LogP contribution in [0.15, 0.2) is 117 Å². The maximum Gasteiger partial charge on any atom is 0.142 e. The third-order valence-corrected chi connectivity index (χ3v) is 4.38. The SMILES string of the molecule is C=C/C=C\C/C(=C\C)C1=CC(C(/C=C(\C)OC)=C/C=C/C=O)=C/C(=C/N=C)C1=NC. The fourth-order valence-electron chi connectivity index (χ4n) is 2.90. The van der Waals surface area contributed by atoms with E-state index in [4.69, 9.17) is 4.74 Å². The van der Waals surface area contributed by atoms with Crippen LogP contribution in [0.4, 0.5) is 0 Å². The van der Waals surface area contributed by atoms with Gasteiger partial charge in [0.05, 0.1) is 18.6 Å². The van der Waals surface area contributed by atoms with Crippen molar-refractivity contribution < 1.29 is 9.53 Å². The normalized spacial score (nSPS) is 18.7. The molecule has 0 radical (unpaired) electrons. The summed E-state index contributed by atoms with van der Waals surface area (Å²) in [5, 5.41) is 0. The first-order chi connectivity index (χ1) is 14.6. The summed E-state index contributed by atoms with van der Waals surface area (Å²) >= 11 is 0. The Labute approximate surface area is 180 Å². The van der Waals surface area contributed by atoms with Crippen molar-refractivity contribution in [1.29, 1.82) is 0 Å². The van der Waals surface area contributed by atoms with E-state index in [-0.39, 0.29) is 0 Å². The van der Waals surface area contributed by atoms with Crippen molar-refractivity contribution in [1.82, 2.24) is 0 Å². The number of aldehydes is 1. The van der Waals surface area contributed by atoms with Crippen molar-refractivity contribution in [3.05, 3.63) is 107 Å². The number of hydrogen-bond donors (Lipinski definition) is 0. The lowest BCUT2D eigenvalue weighted by atomic mass is 9.84. The van der Waals surface area contributed by atoms with Gasteiger partial charge in [-0.05, 0) is 68.0 Å². The van der Waals surface area contributed by atoms with Crippen molar-refractivity contribution in [2.75, 3.05) is 14.2 Å². The third-order valence-electron chi connectivity index (χ3n) is 4.38. The highest BCUT2D eigenvalue weighted by Crippen LogP contribution is 2.31. The maximum absolute atomic E-state index is 10.7. The fourth-order valence-corrected chi connectivity index (χ4v) is 2.90. The van der Waals surface area contributed by atoms with Gasteiger partial charge in [0.25, 0.3) is 0 Å². The van der Waals surface area contributed by atoms with Gasteiger partial charge < -0.3 is 4.74 Å². The standard InChI is InChI=1S/C26H30N2O2/c1-7-9-10-13-21(8-2)25-18-23(17-24(19-27-4)26(25)28-5)22(14-11-12-15-29)16-20(3)30-6/h7-12,14-19H,1,4,13H2,2-3,5-6H3/b10-9-,12-11+,20-16+,21-8+,22-14+,24-19-,28-26?. The van der Waals surface area contributed by atoms with Crippen LogP contribution >= 0.6 is 0 Å². The van der Waals surface area contributed by atoms with Gasteiger partial charge in [0.15, 0.2) is 0 Å². The van der Waals surface area contributed by atoms with Crippen molar-refractivity contribution in [2.24, 2.45) is 9.98 Å². The fraction of sp³-hybridized carbons (Fsp3) is 0.192. The highest BCUT2D eigenvalue weighted by Gasteiger charge is 2.20. The molecule has 0 amide bonds. The molecule has 0 aliphatic heterocycles. The molecule has 30 heavy (non-hydrogen) atoms. The van der Waals surface area contributed by atoms with Gasteiger partial charge in [0.2, 0.25) is 0 Å². The Kier molecular flexibility index (Phi) is 11.1. The number of carbonyl (C=O) groups is 1. The molecule has 4 nitrogen and oxygen atoms in total. The van der Waals surface area contributed by atoms with Crippen LogP contribution in [0.1, 0.15) is 20.3 Å². The van der Waals surface area contributed by atoms with Crippen LogP contribution in [0.3, 0.4) is 0 Å². The van der Waals surface area contributed by atoms with Gasteiger partial charge in [-0.3, -0.25) is 14.8 Å². The van der Waals surface area contributed by atoms with E-state index in [0.717, 1.165) is 52.0 Å². The van der Waals surface area contributed by atoms with E-state index in [1.165, 1.54) is 6.08 Å². The van der Waals surface area contributed by atoms with E-state index >= 15 is 0 Å². The van der Waals surface area contributed by atoms with Crippen LogP contribution in [0.25, 0.3) is 0 Å². The second kappa shape index (κ2) is 13.6. The largest absolute Gasteiger partial charge is 0.501 e. The molecule has 0 unspecified atom stereocenters. The van der Waals surface area contributed by atoms with Crippen LogP contribution in [0.2, 0.25) is 0 Å². The van der Waals surface area contributed by atoms with E-state index in [9.17, 15) is 4.79 Å². The van der Waals surface area contributed by atoms with Crippen molar-refractivity contribution >= 4 is 18.7 Å². The average molecular weight is 403 g/mol. The summed E-state index contributed by atoms with van der Waals surface area (Å²) in [6, 6.07) is 0. The molecule has 0 saturated heterocycles. The molecule has 0 N–H and O–H groups in total. The van der Waals surface area contributed by atoms with Crippen LogP contribution in [0.5, 0.6) is 0 Å². The van der Waals surface area contributed by atoms with Gasteiger partial charge in [-0.25, -0.2) is 0 Å². The number of carbonyl (C=O) groups excluding carboxylic acids is 1. The number of hydrogen-bond acceptors (Lipinski definition) is 4. The number of methoxy groups -OCH3 is 1. The van der Waals surface area contributed by atoms with E-state index < -0.39 is 0 Å². The summed E-state index contributed by atoms with van der Waals surface area (Å²) < 4.78 is 5.34. The number of nitrogens with zero attached hydrogens (tertiary/aromatic N) is 2. The molecule has 0 aromatic heterocycles. The van der Waals surface area contributed by atoms with Gasteiger partial charge in [-0.1, -0.05) is 43.0 Å². The van der Waals surface area contributed by atoms with Crippen LogP contribution in [-0.4, -0.2) is 32.9 Å². The molecule has 4 heteroatoms. The molecule has 0 bridgehead atoms. The van der Waals surface area contributed by atoms with Gasteiger partial charge in [-0.15, -0.1) is 0 Å². The number of aliphatic imine (C=N–C) groups is 2. The molecule has 1 rings (SSSR count). The molecule has 1 aliphatic rings. The summed E-state index contributed by atoms with van der Waals surface area (Å²) in [5.74, 6) is 0.749. The minimum Gasteiger partial charge on any atom is -0.501 e. The van der Waals surface area contributed by atoms with E-state index in [1.54, 1.807) is 32.5 Å². The van der Waals surface area contributed by atoms with Crippen LogP contribution < -0.4 is 0 Å². The van der Waals surface area contributed by atoms with Crippen LogP contribution in [-0.2, 0) is 9.53 Å². The summed E-state index contributed by atoms with van der Waals surface area (Å²) in [6.45, 7) is 11.2. The molecular weight excluding hydrogens is 372 g/mol. The Morgan fingerprint density at radius 1 is 1.23 bits per heavy atom.